The number of carbonyl (C=O) groups is 2. The average Bonchev–Trinajstić information content (AvgIpc) is 2.94. The molecule has 5 nitrogen and oxygen atoms in total. The number of benzene rings is 1. The maximum absolute atomic E-state index is 11.8. The van der Waals surface area contributed by atoms with E-state index >= 15 is 0 Å². The number of furan rings is 1. The van der Waals surface area contributed by atoms with Crippen LogP contribution in [0.1, 0.15) is 30.6 Å². The highest BCUT2D eigenvalue weighted by Gasteiger charge is 2.08. The molecule has 2 aromatic rings. The Morgan fingerprint density at radius 2 is 1.67 bits per heavy atom. The summed E-state index contributed by atoms with van der Waals surface area (Å²) in [5, 5.41) is 5.56. The number of nitrogens with one attached hydrogen (secondary N) is 2. The number of anilines is 2. The lowest BCUT2D eigenvalue weighted by atomic mass is 10.1. The van der Waals surface area contributed by atoms with Crippen molar-refractivity contribution in [2.24, 2.45) is 5.92 Å². The second kappa shape index (κ2) is 6.74. The highest BCUT2D eigenvalue weighted by atomic mass is 16.3. The molecule has 0 unspecified atom stereocenters. The first-order chi connectivity index (χ1) is 10.0. The summed E-state index contributed by atoms with van der Waals surface area (Å²) in [4.78, 5) is 23.5. The molecule has 0 radical (unpaired) electrons. The molecule has 0 aliphatic carbocycles. The standard InChI is InChI=1S/C16H18N2O3/c1-11(2)9-15(19)17-13-3-5-14(6-4-13)18-16(20)12-7-8-21-10-12/h3-8,10-11H,9H2,1-2H3,(H,17,19)(H,18,20). The van der Waals surface area contributed by atoms with Crippen molar-refractivity contribution in [1.29, 1.82) is 0 Å². The quantitative estimate of drug-likeness (QED) is 0.883. The van der Waals surface area contributed by atoms with Gasteiger partial charge in [-0.2, -0.15) is 0 Å². The van der Waals surface area contributed by atoms with Crippen molar-refractivity contribution in [2.75, 3.05) is 10.6 Å². The summed E-state index contributed by atoms with van der Waals surface area (Å²) in [6, 6.07) is 8.58. The Balaban J connectivity index is 1.93. The van der Waals surface area contributed by atoms with Crippen LogP contribution in [0.25, 0.3) is 0 Å². The average molecular weight is 286 g/mol. The zero-order valence-corrected chi connectivity index (χ0v) is 12.1. The highest BCUT2D eigenvalue weighted by molar-refractivity contribution is 6.04. The SMILES string of the molecule is CC(C)CC(=O)Nc1ccc(NC(=O)c2ccoc2)cc1. The molecule has 0 atom stereocenters. The van der Waals surface area contributed by atoms with Gasteiger partial charge < -0.3 is 15.1 Å². The fourth-order valence-corrected chi connectivity index (χ4v) is 1.82. The molecule has 110 valence electrons. The van der Waals surface area contributed by atoms with E-state index in [4.69, 9.17) is 4.42 Å². The fourth-order valence-electron chi connectivity index (χ4n) is 1.82. The fraction of sp³-hybridized carbons (Fsp3) is 0.250. The van der Waals surface area contributed by atoms with Gasteiger partial charge in [-0.15, -0.1) is 0 Å². The predicted molar refractivity (Wildman–Crippen MR) is 81.2 cm³/mol. The number of amides is 2. The Labute approximate surface area is 123 Å². The molecule has 2 rings (SSSR count). The van der Waals surface area contributed by atoms with Gasteiger partial charge in [-0.05, 0) is 36.2 Å². The van der Waals surface area contributed by atoms with E-state index in [0.29, 0.717) is 29.3 Å². The van der Waals surface area contributed by atoms with E-state index < -0.39 is 0 Å². The van der Waals surface area contributed by atoms with Crippen molar-refractivity contribution in [1.82, 2.24) is 0 Å². The third kappa shape index (κ3) is 4.49. The van der Waals surface area contributed by atoms with Crippen molar-refractivity contribution in [3.05, 3.63) is 48.4 Å². The minimum atomic E-state index is -0.236. The van der Waals surface area contributed by atoms with Crippen LogP contribution in [0.4, 0.5) is 11.4 Å². The van der Waals surface area contributed by atoms with E-state index in [1.165, 1.54) is 12.5 Å². The van der Waals surface area contributed by atoms with Gasteiger partial charge in [0.2, 0.25) is 5.91 Å². The molecule has 21 heavy (non-hydrogen) atoms. The second-order valence-corrected chi connectivity index (χ2v) is 5.19. The van der Waals surface area contributed by atoms with Gasteiger partial charge in [-0.3, -0.25) is 9.59 Å². The summed E-state index contributed by atoms with van der Waals surface area (Å²) < 4.78 is 4.86. The summed E-state index contributed by atoms with van der Waals surface area (Å²) >= 11 is 0. The van der Waals surface area contributed by atoms with E-state index in [1.807, 2.05) is 13.8 Å². The lowest BCUT2D eigenvalue weighted by Gasteiger charge is -2.08. The smallest absolute Gasteiger partial charge is 0.258 e. The monoisotopic (exact) mass is 286 g/mol. The van der Waals surface area contributed by atoms with Crippen LogP contribution in [0.5, 0.6) is 0 Å². The molecule has 0 aliphatic rings. The van der Waals surface area contributed by atoms with Gasteiger partial charge in [-0.1, -0.05) is 13.8 Å². The Hall–Kier alpha value is -2.56. The van der Waals surface area contributed by atoms with Crippen molar-refractivity contribution in [2.45, 2.75) is 20.3 Å². The number of carbonyl (C=O) groups excluding carboxylic acids is 2. The molecule has 0 aliphatic heterocycles. The molecule has 0 bridgehead atoms. The summed E-state index contributed by atoms with van der Waals surface area (Å²) in [5.41, 5.74) is 1.83. The van der Waals surface area contributed by atoms with Crippen LogP contribution in [0.2, 0.25) is 0 Å². The van der Waals surface area contributed by atoms with Crippen LogP contribution in [0.3, 0.4) is 0 Å². The van der Waals surface area contributed by atoms with E-state index in [0.717, 1.165) is 0 Å². The van der Waals surface area contributed by atoms with Gasteiger partial charge in [0.1, 0.15) is 6.26 Å². The lowest BCUT2D eigenvalue weighted by molar-refractivity contribution is -0.116. The van der Waals surface area contributed by atoms with Gasteiger partial charge in [0.15, 0.2) is 0 Å². The summed E-state index contributed by atoms with van der Waals surface area (Å²) in [7, 11) is 0. The zero-order valence-electron chi connectivity index (χ0n) is 12.1. The molecule has 0 fully saturated rings. The summed E-state index contributed by atoms with van der Waals surface area (Å²) in [6.07, 6.45) is 3.32. The summed E-state index contributed by atoms with van der Waals surface area (Å²) in [6.45, 7) is 3.99. The van der Waals surface area contributed by atoms with Crippen molar-refractivity contribution >= 4 is 23.2 Å². The molecule has 2 amide bonds. The first kappa shape index (κ1) is 14.8. The van der Waals surface area contributed by atoms with Gasteiger partial charge in [0, 0.05) is 17.8 Å². The van der Waals surface area contributed by atoms with Crippen LogP contribution in [0, 0.1) is 5.92 Å². The molecule has 0 saturated carbocycles. The largest absolute Gasteiger partial charge is 0.472 e. The molecule has 2 N–H and O–H groups in total. The van der Waals surface area contributed by atoms with Crippen LogP contribution in [-0.2, 0) is 4.79 Å². The summed E-state index contributed by atoms with van der Waals surface area (Å²) in [5.74, 6) is 0.0686. The first-order valence-corrected chi connectivity index (χ1v) is 6.78. The van der Waals surface area contributed by atoms with Crippen LogP contribution in [-0.4, -0.2) is 11.8 Å². The molecule has 0 saturated heterocycles. The van der Waals surface area contributed by atoms with Crippen molar-refractivity contribution in [3.8, 4) is 0 Å². The van der Waals surface area contributed by atoms with E-state index in [9.17, 15) is 9.59 Å². The highest BCUT2D eigenvalue weighted by Crippen LogP contribution is 2.15. The minimum absolute atomic E-state index is 0.0137. The van der Waals surface area contributed by atoms with Crippen molar-refractivity contribution < 1.29 is 14.0 Å². The number of hydrogen-bond acceptors (Lipinski definition) is 3. The van der Waals surface area contributed by atoms with Gasteiger partial charge in [0.05, 0.1) is 11.8 Å². The molecule has 1 aromatic heterocycles. The van der Waals surface area contributed by atoms with Crippen LogP contribution >= 0.6 is 0 Å². The Morgan fingerprint density at radius 1 is 1.05 bits per heavy atom. The minimum Gasteiger partial charge on any atom is -0.472 e. The van der Waals surface area contributed by atoms with E-state index in [-0.39, 0.29) is 11.8 Å². The van der Waals surface area contributed by atoms with Crippen molar-refractivity contribution in [3.63, 3.8) is 0 Å². The second-order valence-electron chi connectivity index (χ2n) is 5.19. The first-order valence-electron chi connectivity index (χ1n) is 6.78. The molecule has 0 spiro atoms. The topological polar surface area (TPSA) is 71.3 Å². The van der Waals surface area contributed by atoms with Gasteiger partial charge >= 0.3 is 0 Å². The molecular weight excluding hydrogens is 268 g/mol. The normalized spacial score (nSPS) is 10.4. The van der Waals surface area contributed by atoms with Crippen LogP contribution in [0.15, 0.2) is 47.3 Å². The Kier molecular flexibility index (Phi) is 4.77. The Bertz CT molecular complexity index is 601. The van der Waals surface area contributed by atoms with Crippen LogP contribution < -0.4 is 10.6 Å². The lowest BCUT2D eigenvalue weighted by Crippen LogP contribution is -2.14. The van der Waals surface area contributed by atoms with E-state index in [2.05, 4.69) is 10.6 Å². The Morgan fingerprint density at radius 3 is 2.19 bits per heavy atom. The molecule has 5 heteroatoms. The predicted octanol–water partition coefficient (Wildman–Crippen LogP) is 3.52. The van der Waals surface area contributed by atoms with Gasteiger partial charge in [-0.25, -0.2) is 0 Å². The number of rotatable bonds is 5. The van der Waals surface area contributed by atoms with E-state index in [1.54, 1.807) is 30.3 Å². The number of hydrogen-bond donors (Lipinski definition) is 2. The molecular formula is C16H18N2O3. The van der Waals surface area contributed by atoms with Gasteiger partial charge in [0.25, 0.3) is 5.91 Å². The zero-order chi connectivity index (χ0) is 15.2. The maximum Gasteiger partial charge on any atom is 0.258 e. The molecule has 1 aromatic carbocycles. The maximum atomic E-state index is 11.8. The molecule has 1 heterocycles. The third-order valence-corrected chi connectivity index (χ3v) is 2.80. The third-order valence-electron chi connectivity index (χ3n) is 2.80.